The molecule has 2 rings (SSSR count). The molecule has 1 atom stereocenters. The third kappa shape index (κ3) is 7.17. The zero-order chi connectivity index (χ0) is 22.1. The lowest BCUT2D eigenvalue weighted by Crippen LogP contribution is -2.47. The van der Waals surface area contributed by atoms with Gasteiger partial charge in [-0.3, -0.25) is 9.59 Å². The maximum absolute atomic E-state index is 13.1. The van der Waals surface area contributed by atoms with E-state index in [0.29, 0.717) is 36.9 Å². The molecule has 0 bridgehead atoms. The fourth-order valence-electron chi connectivity index (χ4n) is 3.27. The number of amides is 2. The summed E-state index contributed by atoms with van der Waals surface area (Å²) >= 11 is 6.11. The SMILES string of the molecule is CCCNC(=O)[C@@H](C)N(Cc1cccc(Cl)c1)C(=O)CCc1ccc(C(C)C)cc1. The van der Waals surface area contributed by atoms with Crippen LogP contribution in [0, 0.1) is 0 Å². The maximum atomic E-state index is 13.1. The Balaban J connectivity index is 2.11. The second kappa shape index (κ2) is 11.8. The van der Waals surface area contributed by atoms with E-state index >= 15 is 0 Å². The first-order valence-electron chi connectivity index (χ1n) is 10.7. The number of halogens is 1. The summed E-state index contributed by atoms with van der Waals surface area (Å²) in [5.41, 5.74) is 3.32. The van der Waals surface area contributed by atoms with Gasteiger partial charge in [-0.2, -0.15) is 0 Å². The van der Waals surface area contributed by atoms with Gasteiger partial charge in [0.15, 0.2) is 0 Å². The van der Waals surface area contributed by atoms with Gasteiger partial charge in [-0.1, -0.05) is 68.8 Å². The number of nitrogens with zero attached hydrogens (tertiary/aromatic N) is 1. The molecule has 2 amide bonds. The van der Waals surface area contributed by atoms with Crippen molar-refractivity contribution in [2.24, 2.45) is 0 Å². The number of carbonyl (C=O) groups excluding carboxylic acids is 2. The molecule has 2 aromatic rings. The number of benzene rings is 2. The zero-order valence-corrected chi connectivity index (χ0v) is 19.2. The largest absolute Gasteiger partial charge is 0.354 e. The minimum atomic E-state index is -0.550. The van der Waals surface area contributed by atoms with E-state index in [1.165, 1.54) is 5.56 Å². The van der Waals surface area contributed by atoms with Crippen LogP contribution in [0.4, 0.5) is 0 Å². The van der Waals surface area contributed by atoms with Gasteiger partial charge in [0.05, 0.1) is 0 Å². The van der Waals surface area contributed by atoms with E-state index in [-0.39, 0.29) is 11.8 Å². The van der Waals surface area contributed by atoms with Crippen molar-refractivity contribution in [3.63, 3.8) is 0 Å². The van der Waals surface area contributed by atoms with Gasteiger partial charge in [0, 0.05) is 24.5 Å². The predicted octanol–water partition coefficient (Wildman–Crippen LogP) is 5.34. The summed E-state index contributed by atoms with van der Waals surface area (Å²) in [6, 6.07) is 15.3. The molecular formula is C25H33ClN2O2. The topological polar surface area (TPSA) is 49.4 Å². The molecule has 0 saturated heterocycles. The number of hydrogen-bond donors (Lipinski definition) is 1. The second-order valence-electron chi connectivity index (χ2n) is 8.01. The average Bonchev–Trinajstić information content (AvgIpc) is 2.74. The molecule has 2 aromatic carbocycles. The number of hydrogen-bond acceptors (Lipinski definition) is 2. The van der Waals surface area contributed by atoms with Crippen molar-refractivity contribution in [1.29, 1.82) is 0 Å². The molecule has 162 valence electrons. The number of carbonyl (C=O) groups is 2. The maximum Gasteiger partial charge on any atom is 0.242 e. The first-order chi connectivity index (χ1) is 14.3. The van der Waals surface area contributed by atoms with Crippen LogP contribution < -0.4 is 5.32 Å². The van der Waals surface area contributed by atoms with Gasteiger partial charge in [0.2, 0.25) is 11.8 Å². The highest BCUT2D eigenvalue weighted by molar-refractivity contribution is 6.30. The highest BCUT2D eigenvalue weighted by Gasteiger charge is 2.25. The molecule has 0 aliphatic heterocycles. The average molecular weight is 429 g/mol. The lowest BCUT2D eigenvalue weighted by atomic mass is 10.00. The van der Waals surface area contributed by atoms with E-state index < -0.39 is 6.04 Å². The zero-order valence-electron chi connectivity index (χ0n) is 18.5. The van der Waals surface area contributed by atoms with Gasteiger partial charge >= 0.3 is 0 Å². The summed E-state index contributed by atoms with van der Waals surface area (Å²) < 4.78 is 0. The molecule has 0 spiro atoms. The molecule has 0 aliphatic rings. The van der Waals surface area contributed by atoms with E-state index in [1.807, 2.05) is 25.1 Å². The Morgan fingerprint density at radius 3 is 2.33 bits per heavy atom. The van der Waals surface area contributed by atoms with Gasteiger partial charge in [-0.25, -0.2) is 0 Å². The van der Waals surface area contributed by atoms with Gasteiger partial charge in [0.1, 0.15) is 6.04 Å². The van der Waals surface area contributed by atoms with Crippen LogP contribution in [-0.4, -0.2) is 29.3 Å². The van der Waals surface area contributed by atoms with Crippen molar-refractivity contribution >= 4 is 23.4 Å². The molecule has 30 heavy (non-hydrogen) atoms. The molecule has 0 aromatic heterocycles. The predicted molar refractivity (Wildman–Crippen MR) is 124 cm³/mol. The van der Waals surface area contributed by atoms with Crippen LogP contribution in [-0.2, 0) is 22.6 Å². The first kappa shape index (κ1) is 23.9. The molecule has 1 N–H and O–H groups in total. The summed E-state index contributed by atoms with van der Waals surface area (Å²) in [6.07, 6.45) is 1.85. The summed E-state index contributed by atoms with van der Waals surface area (Å²) in [5.74, 6) is 0.312. The monoisotopic (exact) mass is 428 g/mol. The van der Waals surface area contributed by atoms with Crippen molar-refractivity contribution < 1.29 is 9.59 Å². The van der Waals surface area contributed by atoms with Crippen LogP contribution in [0.15, 0.2) is 48.5 Å². The minimum Gasteiger partial charge on any atom is -0.354 e. The van der Waals surface area contributed by atoms with Crippen LogP contribution in [0.1, 0.15) is 63.1 Å². The summed E-state index contributed by atoms with van der Waals surface area (Å²) in [6.45, 7) is 9.07. The Labute approximate surface area is 185 Å². The van der Waals surface area contributed by atoms with Crippen molar-refractivity contribution in [3.05, 3.63) is 70.2 Å². The van der Waals surface area contributed by atoms with E-state index in [9.17, 15) is 9.59 Å². The van der Waals surface area contributed by atoms with Gasteiger partial charge < -0.3 is 10.2 Å². The lowest BCUT2D eigenvalue weighted by Gasteiger charge is -2.29. The van der Waals surface area contributed by atoms with Crippen molar-refractivity contribution in [3.8, 4) is 0 Å². The van der Waals surface area contributed by atoms with Gasteiger partial charge in [-0.05, 0) is 54.5 Å². The quantitative estimate of drug-likeness (QED) is 0.555. The Morgan fingerprint density at radius 2 is 1.73 bits per heavy atom. The van der Waals surface area contributed by atoms with Crippen LogP contribution >= 0.6 is 11.6 Å². The standard InChI is InChI=1S/C25H33ClN2O2/c1-5-15-27-25(30)19(4)28(17-21-7-6-8-23(26)16-21)24(29)14-11-20-9-12-22(13-10-20)18(2)3/h6-10,12-13,16,18-19H,5,11,14-15,17H2,1-4H3,(H,27,30)/t19-/m1/s1. The highest BCUT2D eigenvalue weighted by Crippen LogP contribution is 2.18. The van der Waals surface area contributed by atoms with Crippen molar-refractivity contribution in [2.75, 3.05) is 6.54 Å². The second-order valence-corrected chi connectivity index (χ2v) is 8.45. The molecule has 0 heterocycles. The molecule has 0 aliphatic carbocycles. The molecule has 0 radical (unpaired) electrons. The Bertz CT molecular complexity index is 833. The van der Waals surface area contributed by atoms with Crippen LogP contribution in [0.2, 0.25) is 5.02 Å². The van der Waals surface area contributed by atoms with E-state index in [0.717, 1.165) is 17.5 Å². The molecule has 0 unspecified atom stereocenters. The van der Waals surface area contributed by atoms with Crippen LogP contribution in [0.3, 0.4) is 0 Å². The smallest absolute Gasteiger partial charge is 0.242 e. The Hall–Kier alpha value is -2.33. The number of aryl methyl sites for hydroxylation is 1. The third-order valence-electron chi connectivity index (χ3n) is 5.23. The molecule has 0 saturated carbocycles. The van der Waals surface area contributed by atoms with Gasteiger partial charge in [-0.15, -0.1) is 0 Å². The minimum absolute atomic E-state index is 0.0398. The van der Waals surface area contributed by atoms with Crippen molar-refractivity contribution in [2.45, 2.75) is 65.5 Å². The van der Waals surface area contributed by atoms with E-state index in [4.69, 9.17) is 11.6 Å². The molecule has 4 nitrogen and oxygen atoms in total. The van der Waals surface area contributed by atoms with Gasteiger partial charge in [0.25, 0.3) is 0 Å². The molecule has 5 heteroatoms. The Kier molecular flexibility index (Phi) is 9.38. The molecular weight excluding hydrogens is 396 g/mol. The summed E-state index contributed by atoms with van der Waals surface area (Å²) in [7, 11) is 0. The fourth-order valence-corrected chi connectivity index (χ4v) is 3.49. The van der Waals surface area contributed by atoms with Crippen molar-refractivity contribution in [1.82, 2.24) is 10.2 Å². The summed E-state index contributed by atoms with van der Waals surface area (Å²) in [4.78, 5) is 27.3. The van der Waals surface area contributed by atoms with Crippen LogP contribution in [0.25, 0.3) is 0 Å². The highest BCUT2D eigenvalue weighted by atomic mass is 35.5. The number of nitrogens with one attached hydrogen (secondary N) is 1. The van der Waals surface area contributed by atoms with E-state index in [2.05, 4.69) is 43.4 Å². The Morgan fingerprint density at radius 1 is 1.03 bits per heavy atom. The fraction of sp³-hybridized carbons (Fsp3) is 0.440. The normalized spacial score (nSPS) is 11.9. The summed E-state index contributed by atoms with van der Waals surface area (Å²) in [5, 5.41) is 3.52. The van der Waals surface area contributed by atoms with E-state index in [1.54, 1.807) is 17.9 Å². The first-order valence-corrected chi connectivity index (χ1v) is 11.1. The molecule has 0 fully saturated rings. The van der Waals surface area contributed by atoms with Crippen LogP contribution in [0.5, 0.6) is 0 Å². The third-order valence-corrected chi connectivity index (χ3v) is 5.47. The number of rotatable bonds is 10. The lowest BCUT2D eigenvalue weighted by molar-refractivity contribution is -0.140.